The number of pyridine rings is 1. The summed E-state index contributed by atoms with van der Waals surface area (Å²) in [7, 11) is 3.14. The molecule has 3 heterocycles. The van der Waals surface area contributed by atoms with Gasteiger partial charge in [0.2, 0.25) is 5.91 Å². The summed E-state index contributed by atoms with van der Waals surface area (Å²) in [5, 5.41) is 14.6. The Balaban J connectivity index is 1.48. The summed E-state index contributed by atoms with van der Waals surface area (Å²) in [6, 6.07) is 10.8. The van der Waals surface area contributed by atoms with E-state index in [0.29, 0.717) is 32.1 Å². The molecule has 0 spiro atoms. The predicted octanol–water partition coefficient (Wildman–Crippen LogP) is 4.78. The van der Waals surface area contributed by atoms with Crippen molar-refractivity contribution in [2.24, 2.45) is 7.05 Å². The van der Waals surface area contributed by atoms with Crippen LogP contribution in [0, 0.1) is 0 Å². The highest BCUT2D eigenvalue weighted by molar-refractivity contribution is 7.99. The van der Waals surface area contributed by atoms with Crippen molar-refractivity contribution in [3.05, 3.63) is 64.8 Å². The molecule has 168 valence electrons. The molecule has 4 rings (SSSR count). The van der Waals surface area contributed by atoms with E-state index in [-0.39, 0.29) is 11.7 Å². The summed E-state index contributed by atoms with van der Waals surface area (Å²) in [5.74, 6) is -0.0580. The molecular formula is C22H18ClN5O3S2. The van der Waals surface area contributed by atoms with Crippen LogP contribution >= 0.6 is 34.7 Å². The second kappa shape index (κ2) is 10.2. The van der Waals surface area contributed by atoms with Gasteiger partial charge < -0.3 is 14.6 Å². The molecule has 4 aromatic rings. The highest BCUT2D eigenvalue weighted by Crippen LogP contribution is 2.36. The lowest BCUT2D eigenvalue weighted by Crippen LogP contribution is -2.16. The van der Waals surface area contributed by atoms with Gasteiger partial charge in [-0.25, -0.2) is 4.79 Å². The number of halogens is 1. The molecule has 0 unspecified atom stereocenters. The van der Waals surface area contributed by atoms with E-state index in [9.17, 15) is 9.59 Å². The standard InChI is InChI=1S/C22H18ClN5O3S2/c1-28-19(14-4-3-9-24-10-14)26-27-22(28)33-12-17(29)25-20-18(21(30)31-2)16(11-32-20)13-5-7-15(23)8-6-13/h3-11H,12H2,1-2H3,(H,25,29). The Kier molecular flexibility index (Phi) is 7.07. The van der Waals surface area contributed by atoms with E-state index in [1.54, 1.807) is 34.5 Å². The number of thiophene rings is 1. The molecule has 0 bridgehead atoms. The Morgan fingerprint density at radius 3 is 2.67 bits per heavy atom. The predicted molar refractivity (Wildman–Crippen MR) is 130 cm³/mol. The zero-order valence-electron chi connectivity index (χ0n) is 17.6. The number of aromatic nitrogens is 4. The minimum Gasteiger partial charge on any atom is -0.465 e. The quantitative estimate of drug-likeness (QED) is 0.288. The smallest absolute Gasteiger partial charge is 0.341 e. The van der Waals surface area contributed by atoms with Crippen molar-refractivity contribution in [3.8, 4) is 22.5 Å². The Labute approximate surface area is 203 Å². The van der Waals surface area contributed by atoms with Crippen molar-refractivity contribution in [1.82, 2.24) is 19.7 Å². The van der Waals surface area contributed by atoms with Crippen LogP contribution in [0.3, 0.4) is 0 Å². The number of carbonyl (C=O) groups excluding carboxylic acids is 2. The van der Waals surface area contributed by atoms with Crippen molar-refractivity contribution in [2.45, 2.75) is 5.16 Å². The Morgan fingerprint density at radius 1 is 1.18 bits per heavy atom. The molecule has 1 aromatic carbocycles. The first kappa shape index (κ1) is 23.0. The second-order valence-electron chi connectivity index (χ2n) is 6.80. The van der Waals surface area contributed by atoms with Crippen LogP contribution in [0.4, 0.5) is 5.00 Å². The third kappa shape index (κ3) is 5.08. The first-order chi connectivity index (χ1) is 16.0. The zero-order chi connectivity index (χ0) is 23.4. The van der Waals surface area contributed by atoms with E-state index in [4.69, 9.17) is 16.3 Å². The molecule has 3 aromatic heterocycles. The van der Waals surface area contributed by atoms with Crippen LogP contribution in [0.2, 0.25) is 5.02 Å². The van der Waals surface area contributed by atoms with Crippen LogP contribution in [0.1, 0.15) is 10.4 Å². The molecule has 0 saturated carbocycles. The van der Waals surface area contributed by atoms with Gasteiger partial charge in [-0.3, -0.25) is 9.78 Å². The van der Waals surface area contributed by atoms with Crippen molar-refractivity contribution in [2.75, 3.05) is 18.2 Å². The number of anilines is 1. The number of ether oxygens (including phenoxy) is 1. The summed E-state index contributed by atoms with van der Waals surface area (Å²) in [6.45, 7) is 0. The third-order valence-corrected chi connectivity index (χ3v) is 6.84. The minimum absolute atomic E-state index is 0.0911. The molecule has 0 aliphatic heterocycles. The number of hydrogen-bond donors (Lipinski definition) is 1. The molecule has 0 radical (unpaired) electrons. The highest BCUT2D eigenvalue weighted by atomic mass is 35.5. The van der Waals surface area contributed by atoms with E-state index < -0.39 is 5.97 Å². The second-order valence-corrected chi connectivity index (χ2v) is 9.05. The molecule has 0 aliphatic rings. The number of rotatable bonds is 7. The fourth-order valence-electron chi connectivity index (χ4n) is 3.08. The summed E-state index contributed by atoms with van der Waals surface area (Å²) >= 11 is 8.48. The van der Waals surface area contributed by atoms with Crippen molar-refractivity contribution < 1.29 is 14.3 Å². The van der Waals surface area contributed by atoms with Crippen molar-refractivity contribution in [3.63, 3.8) is 0 Å². The summed E-state index contributed by atoms with van der Waals surface area (Å²) in [4.78, 5) is 29.2. The van der Waals surface area contributed by atoms with Crippen LogP contribution in [0.25, 0.3) is 22.5 Å². The topological polar surface area (TPSA) is 99.0 Å². The van der Waals surface area contributed by atoms with Crippen molar-refractivity contribution in [1.29, 1.82) is 0 Å². The number of amides is 1. The maximum atomic E-state index is 12.7. The molecule has 0 fully saturated rings. The maximum Gasteiger partial charge on any atom is 0.341 e. The Morgan fingerprint density at radius 2 is 1.97 bits per heavy atom. The normalized spacial score (nSPS) is 10.8. The Bertz CT molecular complexity index is 1290. The van der Waals surface area contributed by atoms with E-state index in [1.165, 1.54) is 30.2 Å². The number of methoxy groups -OCH3 is 1. The van der Waals surface area contributed by atoms with E-state index in [1.807, 2.05) is 31.3 Å². The highest BCUT2D eigenvalue weighted by Gasteiger charge is 2.23. The van der Waals surface area contributed by atoms with Crippen LogP contribution in [-0.4, -0.2) is 44.5 Å². The first-order valence-electron chi connectivity index (χ1n) is 9.66. The largest absolute Gasteiger partial charge is 0.465 e. The lowest BCUT2D eigenvalue weighted by atomic mass is 10.0. The molecule has 0 aliphatic carbocycles. The van der Waals surface area contributed by atoms with Crippen molar-refractivity contribution >= 4 is 51.6 Å². The summed E-state index contributed by atoms with van der Waals surface area (Å²) < 4.78 is 6.76. The third-order valence-electron chi connectivity index (χ3n) is 4.68. The molecule has 11 heteroatoms. The fourth-order valence-corrected chi connectivity index (χ4v) is 4.89. The summed E-state index contributed by atoms with van der Waals surface area (Å²) in [6.07, 6.45) is 3.39. The van der Waals surface area contributed by atoms with Gasteiger partial charge in [-0.15, -0.1) is 21.5 Å². The molecule has 0 atom stereocenters. The van der Waals surface area contributed by atoms with Gasteiger partial charge in [-0.2, -0.15) is 0 Å². The maximum absolute atomic E-state index is 12.7. The van der Waals surface area contributed by atoms with E-state index in [0.717, 1.165) is 11.1 Å². The van der Waals surface area contributed by atoms with Gasteiger partial charge in [0.1, 0.15) is 10.6 Å². The number of carbonyl (C=O) groups is 2. The van der Waals surface area contributed by atoms with Gasteiger partial charge in [-0.1, -0.05) is 35.5 Å². The number of nitrogens with zero attached hydrogens (tertiary/aromatic N) is 4. The molecule has 1 N–H and O–H groups in total. The van der Waals surface area contributed by atoms with Gasteiger partial charge in [0.05, 0.1) is 12.9 Å². The Hall–Kier alpha value is -3.21. The monoisotopic (exact) mass is 499 g/mol. The minimum atomic E-state index is -0.529. The SMILES string of the molecule is COC(=O)c1c(-c2ccc(Cl)cc2)csc1NC(=O)CSc1nnc(-c2cccnc2)n1C. The number of nitrogens with one attached hydrogen (secondary N) is 1. The van der Waals surface area contributed by atoms with Crippen LogP contribution in [0.5, 0.6) is 0 Å². The molecule has 1 amide bonds. The molecule has 8 nitrogen and oxygen atoms in total. The van der Waals surface area contributed by atoms with Gasteiger partial charge in [0, 0.05) is 41.0 Å². The molecule has 0 saturated heterocycles. The number of thioether (sulfide) groups is 1. The first-order valence-corrected chi connectivity index (χ1v) is 11.9. The average molecular weight is 500 g/mol. The number of esters is 1. The number of benzene rings is 1. The lowest BCUT2D eigenvalue weighted by molar-refractivity contribution is -0.113. The zero-order valence-corrected chi connectivity index (χ0v) is 20.0. The van der Waals surface area contributed by atoms with Gasteiger partial charge in [0.15, 0.2) is 11.0 Å². The summed E-state index contributed by atoms with van der Waals surface area (Å²) in [5.41, 5.74) is 2.61. The lowest BCUT2D eigenvalue weighted by Gasteiger charge is -2.08. The van der Waals surface area contributed by atoms with Gasteiger partial charge in [-0.05, 0) is 29.8 Å². The molecule has 33 heavy (non-hydrogen) atoms. The van der Waals surface area contributed by atoms with Gasteiger partial charge >= 0.3 is 5.97 Å². The van der Waals surface area contributed by atoms with Crippen LogP contribution in [-0.2, 0) is 16.6 Å². The van der Waals surface area contributed by atoms with Gasteiger partial charge in [0.25, 0.3) is 0 Å². The number of hydrogen-bond acceptors (Lipinski definition) is 8. The van der Waals surface area contributed by atoms with E-state index >= 15 is 0 Å². The average Bonchev–Trinajstić information content (AvgIpc) is 3.41. The van der Waals surface area contributed by atoms with Crippen LogP contribution < -0.4 is 5.32 Å². The fraction of sp³-hybridized carbons (Fsp3) is 0.136. The molecular weight excluding hydrogens is 482 g/mol. The van der Waals surface area contributed by atoms with Crippen LogP contribution in [0.15, 0.2) is 59.3 Å². The van der Waals surface area contributed by atoms with E-state index in [2.05, 4.69) is 20.5 Å².